The number of ether oxygens (including phenoxy) is 1. The molecule has 0 aromatic heterocycles. The number of hydrogen-bond donors (Lipinski definition) is 0. The van der Waals surface area contributed by atoms with Gasteiger partial charge in [-0.15, -0.1) is 0 Å². The van der Waals surface area contributed by atoms with E-state index in [-0.39, 0.29) is 5.75 Å². The van der Waals surface area contributed by atoms with Crippen molar-refractivity contribution in [1.82, 2.24) is 0 Å². The molecule has 2 aromatic carbocycles. The van der Waals surface area contributed by atoms with Crippen molar-refractivity contribution < 1.29 is 18.3 Å². The molecule has 2 nitrogen and oxygen atoms in total. The Hall–Kier alpha value is -1.94. The Morgan fingerprint density at radius 3 is 2.39 bits per heavy atom. The number of hydrogen-bond acceptors (Lipinski definition) is 2. The summed E-state index contributed by atoms with van der Waals surface area (Å²) >= 11 is 5.66. The van der Waals surface area contributed by atoms with E-state index in [1.165, 1.54) is 24.3 Å². The summed E-state index contributed by atoms with van der Waals surface area (Å²) in [5.74, 6) is -2.31. The molecule has 0 spiro atoms. The Balaban J connectivity index is 2.21. The molecule has 0 heterocycles. The van der Waals surface area contributed by atoms with Gasteiger partial charge in [0.05, 0.1) is 5.56 Å². The van der Waals surface area contributed by atoms with Crippen LogP contribution < -0.4 is 4.74 Å². The second kappa shape index (κ2) is 5.14. The fraction of sp³-hybridized carbons (Fsp3) is 0. The van der Waals surface area contributed by atoms with E-state index in [0.29, 0.717) is 5.02 Å². The predicted molar refractivity (Wildman–Crippen MR) is 62.8 cm³/mol. The molecule has 0 N–H and O–H groups in total. The van der Waals surface area contributed by atoms with Gasteiger partial charge >= 0.3 is 5.97 Å². The molecule has 0 saturated heterocycles. The van der Waals surface area contributed by atoms with Crippen LogP contribution in [-0.2, 0) is 0 Å². The molecule has 0 atom stereocenters. The van der Waals surface area contributed by atoms with Crippen LogP contribution >= 0.6 is 11.6 Å². The third-order valence-electron chi connectivity index (χ3n) is 2.17. The molecule has 0 saturated carbocycles. The summed E-state index contributed by atoms with van der Waals surface area (Å²) in [5, 5.41) is 0.478. The molecule has 2 aromatic rings. The summed E-state index contributed by atoms with van der Waals surface area (Å²) in [6.45, 7) is 0. The Morgan fingerprint density at radius 2 is 1.72 bits per heavy atom. The maximum Gasteiger partial charge on any atom is 0.346 e. The van der Waals surface area contributed by atoms with E-state index in [1.54, 1.807) is 0 Å². The van der Waals surface area contributed by atoms with Crippen molar-refractivity contribution in [2.24, 2.45) is 0 Å². The van der Waals surface area contributed by atoms with Crippen molar-refractivity contribution in [3.8, 4) is 5.75 Å². The highest BCUT2D eigenvalue weighted by molar-refractivity contribution is 6.30. The van der Waals surface area contributed by atoms with Gasteiger partial charge in [-0.05, 0) is 42.5 Å². The van der Waals surface area contributed by atoms with Gasteiger partial charge in [0, 0.05) is 5.02 Å². The highest BCUT2D eigenvalue weighted by Gasteiger charge is 2.15. The highest BCUT2D eigenvalue weighted by atomic mass is 35.5. The maximum atomic E-state index is 13.3. The van der Waals surface area contributed by atoms with Crippen LogP contribution in [0.25, 0.3) is 0 Å². The summed E-state index contributed by atoms with van der Waals surface area (Å²) in [5.41, 5.74) is -0.454. The van der Waals surface area contributed by atoms with Gasteiger partial charge in [-0.25, -0.2) is 13.6 Å². The van der Waals surface area contributed by atoms with E-state index >= 15 is 0 Å². The molecule has 2 rings (SSSR count). The molecular formula is C13H7ClF2O2. The normalized spacial score (nSPS) is 10.2. The fourth-order valence-corrected chi connectivity index (χ4v) is 1.44. The first-order valence-corrected chi connectivity index (χ1v) is 5.37. The Morgan fingerprint density at radius 1 is 1.06 bits per heavy atom. The zero-order chi connectivity index (χ0) is 13.1. The molecule has 92 valence electrons. The molecule has 0 aliphatic carbocycles. The largest absolute Gasteiger partial charge is 0.423 e. The van der Waals surface area contributed by atoms with E-state index < -0.39 is 23.2 Å². The topological polar surface area (TPSA) is 26.3 Å². The molecule has 0 radical (unpaired) electrons. The number of carbonyl (C=O) groups is 1. The first kappa shape index (κ1) is 12.5. The van der Waals surface area contributed by atoms with E-state index in [2.05, 4.69) is 0 Å². The smallest absolute Gasteiger partial charge is 0.346 e. The van der Waals surface area contributed by atoms with E-state index in [9.17, 15) is 13.6 Å². The van der Waals surface area contributed by atoms with Crippen molar-refractivity contribution >= 4 is 17.6 Å². The van der Waals surface area contributed by atoms with Gasteiger partial charge in [0.1, 0.15) is 17.4 Å². The van der Waals surface area contributed by atoms with Crippen LogP contribution in [0.5, 0.6) is 5.75 Å². The van der Waals surface area contributed by atoms with E-state index in [0.717, 1.165) is 18.2 Å². The lowest BCUT2D eigenvalue weighted by Gasteiger charge is -2.05. The minimum absolute atomic E-state index is 0.202. The number of halogens is 3. The van der Waals surface area contributed by atoms with Crippen molar-refractivity contribution in [3.05, 3.63) is 64.7 Å². The number of benzene rings is 2. The van der Waals surface area contributed by atoms with Crippen LogP contribution in [0.4, 0.5) is 8.78 Å². The molecule has 0 aliphatic rings. The van der Waals surface area contributed by atoms with Gasteiger partial charge in [0.2, 0.25) is 0 Å². The van der Waals surface area contributed by atoms with Crippen LogP contribution in [0, 0.1) is 11.6 Å². The molecule has 5 heteroatoms. The Kier molecular flexibility index (Phi) is 3.58. The summed E-state index contributed by atoms with van der Waals surface area (Å²) < 4.78 is 31.1. The van der Waals surface area contributed by atoms with Crippen molar-refractivity contribution in [3.63, 3.8) is 0 Å². The third-order valence-corrected chi connectivity index (χ3v) is 2.42. The quantitative estimate of drug-likeness (QED) is 0.611. The van der Waals surface area contributed by atoms with Gasteiger partial charge in [-0.1, -0.05) is 11.6 Å². The monoisotopic (exact) mass is 268 g/mol. The summed E-state index contributed by atoms with van der Waals surface area (Å²) in [7, 11) is 0. The van der Waals surface area contributed by atoms with Crippen LogP contribution in [0.15, 0.2) is 42.5 Å². The summed E-state index contributed by atoms with van der Waals surface area (Å²) in [6.07, 6.45) is 0. The first-order chi connectivity index (χ1) is 8.56. The molecular weight excluding hydrogens is 262 g/mol. The zero-order valence-electron chi connectivity index (χ0n) is 8.99. The second-order valence-corrected chi connectivity index (χ2v) is 3.90. The maximum absolute atomic E-state index is 13.3. The first-order valence-electron chi connectivity index (χ1n) is 4.99. The number of rotatable bonds is 2. The van der Waals surface area contributed by atoms with Crippen LogP contribution in [-0.4, -0.2) is 5.97 Å². The van der Waals surface area contributed by atoms with Gasteiger partial charge in [0.15, 0.2) is 0 Å². The lowest BCUT2D eigenvalue weighted by molar-refractivity contribution is 0.0729. The average molecular weight is 269 g/mol. The molecule has 0 fully saturated rings. The van der Waals surface area contributed by atoms with E-state index in [4.69, 9.17) is 16.3 Å². The molecule has 0 unspecified atom stereocenters. The van der Waals surface area contributed by atoms with Crippen molar-refractivity contribution in [1.29, 1.82) is 0 Å². The second-order valence-electron chi connectivity index (χ2n) is 3.47. The molecule has 0 amide bonds. The highest BCUT2D eigenvalue weighted by Crippen LogP contribution is 2.18. The standard InChI is InChI=1S/C13H7ClF2O2/c14-8-1-4-10(5-2-8)18-13(17)11-7-9(15)3-6-12(11)16/h1-7H. The van der Waals surface area contributed by atoms with Crippen LogP contribution in [0.1, 0.15) is 10.4 Å². The van der Waals surface area contributed by atoms with Gasteiger partial charge in [0.25, 0.3) is 0 Å². The molecule has 18 heavy (non-hydrogen) atoms. The van der Waals surface area contributed by atoms with Gasteiger partial charge in [-0.3, -0.25) is 0 Å². The SMILES string of the molecule is O=C(Oc1ccc(Cl)cc1)c1cc(F)ccc1F. The van der Waals surface area contributed by atoms with E-state index in [1.807, 2.05) is 0 Å². The van der Waals surface area contributed by atoms with Gasteiger partial charge in [-0.2, -0.15) is 0 Å². The minimum Gasteiger partial charge on any atom is -0.423 e. The minimum atomic E-state index is -0.964. The third kappa shape index (κ3) is 2.84. The molecule has 0 bridgehead atoms. The zero-order valence-corrected chi connectivity index (χ0v) is 9.75. The molecule has 0 aliphatic heterocycles. The summed E-state index contributed by atoms with van der Waals surface area (Å²) in [6, 6.07) is 8.53. The Labute approximate surface area is 107 Å². The lowest BCUT2D eigenvalue weighted by atomic mass is 10.2. The number of esters is 1. The van der Waals surface area contributed by atoms with Crippen LogP contribution in [0.3, 0.4) is 0 Å². The predicted octanol–water partition coefficient (Wildman–Crippen LogP) is 3.84. The van der Waals surface area contributed by atoms with Crippen molar-refractivity contribution in [2.45, 2.75) is 0 Å². The summed E-state index contributed by atoms with van der Waals surface area (Å²) in [4.78, 5) is 11.6. The Bertz CT molecular complexity index is 582. The lowest BCUT2D eigenvalue weighted by Crippen LogP contribution is -2.11. The van der Waals surface area contributed by atoms with Gasteiger partial charge < -0.3 is 4.74 Å². The van der Waals surface area contributed by atoms with Crippen LogP contribution in [0.2, 0.25) is 5.02 Å². The number of carbonyl (C=O) groups excluding carboxylic acids is 1. The average Bonchev–Trinajstić information content (AvgIpc) is 2.35. The fourth-order valence-electron chi connectivity index (χ4n) is 1.32. The van der Waals surface area contributed by atoms with Crippen molar-refractivity contribution in [2.75, 3.05) is 0 Å².